The maximum absolute atomic E-state index is 14.8. The molecule has 0 bridgehead atoms. The van der Waals surface area contributed by atoms with Gasteiger partial charge in [-0.25, -0.2) is 14.2 Å². The summed E-state index contributed by atoms with van der Waals surface area (Å²) in [5.41, 5.74) is 0.804. The zero-order chi connectivity index (χ0) is 24.3. The average molecular weight is 455 g/mol. The van der Waals surface area contributed by atoms with Gasteiger partial charge in [0.15, 0.2) is 0 Å². The molecule has 0 fully saturated rings. The number of carbonyl (C=O) groups excluding carboxylic acids is 2. The first-order valence-electron chi connectivity index (χ1n) is 10.5. The number of para-hydroxylation sites is 1. The lowest BCUT2D eigenvalue weighted by atomic mass is 9.96. The summed E-state index contributed by atoms with van der Waals surface area (Å²) in [6.07, 6.45) is -1.94. The molecule has 0 saturated carbocycles. The Hall–Kier alpha value is -3.75. The van der Waals surface area contributed by atoms with E-state index in [9.17, 15) is 23.9 Å². The average Bonchev–Trinajstić information content (AvgIpc) is 2.83. The van der Waals surface area contributed by atoms with Crippen molar-refractivity contribution in [1.82, 2.24) is 5.32 Å². The van der Waals surface area contributed by atoms with Crippen molar-refractivity contribution in [3.8, 4) is 0 Å². The number of fused-ring (bicyclic) bond motifs is 1. The van der Waals surface area contributed by atoms with E-state index in [1.165, 1.54) is 18.2 Å². The molecule has 1 aliphatic heterocycles. The number of carboxylic acids is 1. The van der Waals surface area contributed by atoms with E-state index in [-0.39, 0.29) is 11.3 Å². The molecule has 1 aliphatic rings. The summed E-state index contributed by atoms with van der Waals surface area (Å²) in [4.78, 5) is 43.1. The number of nitrogens with one attached hydrogen (secondary N) is 1. The van der Waals surface area contributed by atoms with E-state index in [2.05, 4.69) is 10.3 Å². The van der Waals surface area contributed by atoms with Crippen LogP contribution in [0.1, 0.15) is 44.4 Å². The molecule has 1 atom stereocenters. The number of benzodiazepines with no additional fused rings is 1. The summed E-state index contributed by atoms with van der Waals surface area (Å²) in [5.74, 6) is -2.58. The lowest BCUT2D eigenvalue weighted by Crippen LogP contribution is -2.50. The molecule has 0 spiro atoms. The van der Waals surface area contributed by atoms with Crippen molar-refractivity contribution in [2.24, 2.45) is 4.99 Å². The Morgan fingerprint density at radius 3 is 2.42 bits per heavy atom. The fourth-order valence-electron chi connectivity index (χ4n) is 3.57. The number of nitrogens with zero attached hydrogens (tertiary/aromatic N) is 2. The Kier molecular flexibility index (Phi) is 6.81. The summed E-state index contributed by atoms with van der Waals surface area (Å²) < 4.78 is 20.1. The first-order chi connectivity index (χ1) is 15.5. The standard InChI is InChI=1S/C24H26FN3O5/c1-5-14-9-8-11-16-19(15-10-6-7-12-17(15)25)26-21(27-23(32)33-24(2,3)4)22(31)28(20(14)16)13-18(29)30/h6-12,21H,5,13H2,1-4H3,(H,27,32)(H,29,30)/t21-/m1/s1. The number of rotatable bonds is 5. The van der Waals surface area contributed by atoms with E-state index in [4.69, 9.17) is 4.74 Å². The van der Waals surface area contributed by atoms with Crippen molar-refractivity contribution in [1.29, 1.82) is 0 Å². The molecule has 2 amide bonds. The third-order valence-electron chi connectivity index (χ3n) is 4.86. The second-order valence-corrected chi connectivity index (χ2v) is 8.49. The molecule has 2 N–H and O–H groups in total. The van der Waals surface area contributed by atoms with Gasteiger partial charge in [0.25, 0.3) is 5.91 Å². The molecular weight excluding hydrogens is 429 g/mol. The highest BCUT2D eigenvalue weighted by Crippen LogP contribution is 2.32. The Balaban J connectivity index is 2.23. The van der Waals surface area contributed by atoms with Crippen LogP contribution in [0.3, 0.4) is 0 Å². The second-order valence-electron chi connectivity index (χ2n) is 8.49. The second kappa shape index (κ2) is 9.40. The highest BCUT2D eigenvalue weighted by atomic mass is 19.1. The van der Waals surface area contributed by atoms with E-state index in [0.717, 1.165) is 4.90 Å². The maximum atomic E-state index is 14.8. The molecule has 3 rings (SSSR count). The molecule has 0 radical (unpaired) electrons. The zero-order valence-corrected chi connectivity index (χ0v) is 18.9. The molecule has 0 aromatic heterocycles. The van der Waals surface area contributed by atoms with Crippen LogP contribution in [0.25, 0.3) is 0 Å². The van der Waals surface area contributed by atoms with Gasteiger partial charge in [-0.1, -0.05) is 37.3 Å². The van der Waals surface area contributed by atoms with E-state index in [1.807, 2.05) is 6.92 Å². The maximum Gasteiger partial charge on any atom is 0.409 e. The lowest BCUT2D eigenvalue weighted by Gasteiger charge is -2.26. The number of halogens is 1. The molecule has 1 heterocycles. The quantitative estimate of drug-likeness (QED) is 0.717. The molecule has 0 saturated heterocycles. The van der Waals surface area contributed by atoms with Gasteiger partial charge >= 0.3 is 12.1 Å². The van der Waals surface area contributed by atoms with Crippen LogP contribution in [0.2, 0.25) is 0 Å². The van der Waals surface area contributed by atoms with Gasteiger partial charge in [0.2, 0.25) is 6.17 Å². The molecule has 9 heteroatoms. The van der Waals surface area contributed by atoms with Gasteiger partial charge in [-0.3, -0.25) is 19.8 Å². The van der Waals surface area contributed by atoms with Crippen LogP contribution < -0.4 is 10.2 Å². The normalized spacial score (nSPS) is 15.9. The van der Waals surface area contributed by atoms with E-state index in [0.29, 0.717) is 23.2 Å². The molecule has 0 unspecified atom stereocenters. The molecule has 2 aromatic rings. The Bertz CT molecular complexity index is 1120. The summed E-state index contributed by atoms with van der Waals surface area (Å²) in [6, 6.07) is 11.1. The van der Waals surface area contributed by atoms with Crippen LogP contribution in [0.5, 0.6) is 0 Å². The summed E-state index contributed by atoms with van der Waals surface area (Å²) in [7, 11) is 0. The number of carbonyl (C=O) groups is 3. The number of aliphatic imine (C=N–C) groups is 1. The van der Waals surface area contributed by atoms with E-state index < -0.39 is 42.1 Å². The smallest absolute Gasteiger partial charge is 0.409 e. The highest BCUT2D eigenvalue weighted by Gasteiger charge is 2.36. The lowest BCUT2D eigenvalue weighted by molar-refractivity contribution is -0.136. The minimum Gasteiger partial charge on any atom is -0.480 e. The number of ether oxygens (including phenoxy) is 1. The van der Waals surface area contributed by atoms with Gasteiger partial charge in [-0.15, -0.1) is 0 Å². The van der Waals surface area contributed by atoms with Crippen LogP contribution in [0.4, 0.5) is 14.9 Å². The fourth-order valence-corrected chi connectivity index (χ4v) is 3.57. The van der Waals surface area contributed by atoms with Gasteiger partial charge in [0, 0.05) is 11.1 Å². The van der Waals surface area contributed by atoms with Crippen molar-refractivity contribution in [2.75, 3.05) is 11.4 Å². The molecule has 8 nitrogen and oxygen atoms in total. The zero-order valence-electron chi connectivity index (χ0n) is 18.9. The minimum absolute atomic E-state index is 0.118. The largest absolute Gasteiger partial charge is 0.480 e. The van der Waals surface area contributed by atoms with Gasteiger partial charge < -0.3 is 9.84 Å². The summed E-state index contributed by atoms with van der Waals surface area (Å²) in [6.45, 7) is 6.19. The van der Waals surface area contributed by atoms with Gasteiger partial charge in [-0.2, -0.15) is 0 Å². The SMILES string of the molecule is CCc1cccc2c1N(CC(=O)O)C(=O)[C@@H](NC(=O)OC(C)(C)C)N=C2c1ccccc1F. The Morgan fingerprint density at radius 2 is 1.82 bits per heavy atom. The predicted molar refractivity (Wildman–Crippen MR) is 121 cm³/mol. The number of hydrogen-bond donors (Lipinski definition) is 2. The first-order valence-corrected chi connectivity index (χ1v) is 10.5. The number of benzene rings is 2. The van der Waals surface area contributed by atoms with Crippen molar-refractivity contribution in [3.05, 3.63) is 65.0 Å². The fraction of sp³-hybridized carbons (Fsp3) is 0.333. The molecular formula is C24H26FN3O5. The summed E-state index contributed by atoms with van der Waals surface area (Å²) >= 11 is 0. The highest BCUT2D eigenvalue weighted by molar-refractivity contribution is 6.21. The van der Waals surface area contributed by atoms with Gasteiger partial charge in [0.1, 0.15) is 18.0 Å². The van der Waals surface area contributed by atoms with Crippen LogP contribution in [-0.4, -0.2) is 47.1 Å². The number of hydrogen-bond acceptors (Lipinski definition) is 5. The molecule has 0 aliphatic carbocycles. The van der Waals surface area contributed by atoms with Crippen molar-refractivity contribution in [2.45, 2.75) is 45.9 Å². The minimum atomic E-state index is -1.52. The molecule has 33 heavy (non-hydrogen) atoms. The monoisotopic (exact) mass is 455 g/mol. The van der Waals surface area contributed by atoms with Crippen LogP contribution in [0, 0.1) is 5.82 Å². The van der Waals surface area contributed by atoms with E-state index in [1.54, 1.807) is 45.0 Å². The van der Waals surface area contributed by atoms with Crippen molar-refractivity contribution < 1.29 is 28.6 Å². The van der Waals surface area contributed by atoms with Gasteiger partial charge in [-0.05, 0) is 44.9 Å². The third-order valence-corrected chi connectivity index (χ3v) is 4.86. The number of anilines is 1. The van der Waals surface area contributed by atoms with Gasteiger partial charge in [0.05, 0.1) is 11.4 Å². The molecule has 174 valence electrons. The Labute approximate surface area is 191 Å². The number of aliphatic carboxylic acids is 1. The topological polar surface area (TPSA) is 108 Å². The van der Waals surface area contributed by atoms with Crippen LogP contribution >= 0.6 is 0 Å². The first kappa shape index (κ1) is 23.9. The Morgan fingerprint density at radius 1 is 1.15 bits per heavy atom. The number of alkyl carbamates (subject to hydrolysis) is 1. The van der Waals surface area contributed by atoms with Crippen LogP contribution in [0.15, 0.2) is 47.5 Å². The predicted octanol–water partition coefficient (Wildman–Crippen LogP) is 3.51. The van der Waals surface area contributed by atoms with Crippen molar-refractivity contribution in [3.63, 3.8) is 0 Å². The third kappa shape index (κ3) is 5.36. The number of aryl methyl sites for hydroxylation is 1. The summed E-state index contributed by atoms with van der Waals surface area (Å²) in [5, 5.41) is 11.9. The van der Waals surface area contributed by atoms with Crippen molar-refractivity contribution >= 4 is 29.4 Å². The van der Waals surface area contributed by atoms with E-state index >= 15 is 0 Å². The molecule has 2 aromatic carbocycles. The van der Waals surface area contributed by atoms with Crippen LogP contribution in [-0.2, 0) is 20.7 Å². The number of amides is 2. The number of carboxylic acid groups (broad SMARTS) is 1.